The van der Waals surface area contributed by atoms with E-state index >= 15 is 0 Å². The molecule has 0 aromatic rings. The predicted molar refractivity (Wildman–Crippen MR) is 72.9 cm³/mol. The molecule has 2 bridgehead atoms. The molecule has 0 aliphatic heterocycles. The Balaban J connectivity index is 2.02. The number of aliphatic hydroxyl groups excluding tert-OH is 1. The van der Waals surface area contributed by atoms with Crippen molar-refractivity contribution < 1.29 is 5.11 Å². The van der Waals surface area contributed by atoms with Gasteiger partial charge in [-0.25, -0.2) is 0 Å². The van der Waals surface area contributed by atoms with Gasteiger partial charge < -0.3 is 5.11 Å². The molecular formula is C16H30O. The monoisotopic (exact) mass is 238 g/mol. The van der Waals surface area contributed by atoms with Crippen LogP contribution in [0.2, 0.25) is 0 Å². The van der Waals surface area contributed by atoms with Crippen molar-refractivity contribution >= 4 is 0 Å². The van der Waals surface area contributed by atoms with Crippen LogP contribution in [0.15, 0.2) is 0 Å². The van der Waals surface area contributed by atoms with E-state index in [1.54, 1.807) is 0 Å². The Bertz CT molecular complexity index is 246. The minimum absolute atomic E-state index is 0.0368. The van der Waals surface area contributed by atoms with Crippen LogP contribution in [0.4, 0.5) is 0 Å². The quantitative estimate of drug-likeness (QED) is 0.770. The summed E-state index contributed by atoms with van der Waals surface area (Å²) in [6, 6.07) is 0. The molecule has 2 aliphatic rings. The molecule has 1 N–H and O–H groups in total. The van der Waals surface area contributed by atoms with Gasteiger partial charge in [-0.05, 0) is 48.9 Å². The molecule has 0 heterocycles. The number of fused-ring (bicyclic) bond motifs is 2. The number of hydrogen-bond donors (Lipinski definition) is 1. The van der Waals surface area contributed by atoms with Gasteiger partial charge in [0.05, 0.1) is 6.10 Å². The highest BCUT2D eigenvalue weighted by atomic mass is 16.3. The van der Waals surface area contributed by atoms with Crippen LogP contribution in [0.1, 0.15) is 72.1 Å². The first-order chi connectivity index (χ1) is 8.08. The van der Waals surface area contributed by atoms with Crippen LogP contribution in [0, 0.1) is 23.2 Å². The second-order valence-corrected chi connectivity index (χ2v) is 7.04. The molecule has 2 saturated carbocycles. The summed E-state index contributed by atoms with van der Waals surface area (Å²) >= 11 is 0. The SMILES string of the molecule is CCC(CC)C(O)C1CC2CCCC(C)(C2)C1. The molecule has 0 amide bonds. The van der Waals surface area contributed by atoms with Crippen molar-refractivity contribution in [3.8, 4) is 0 Å². The first-order valence-corrected chi connectivity index (χ1v) is 7.76. The van der Waals surface area contributed by atoms with Crippen molar-refractivity contribution in [2.75, 3.05) is 0 Å². The van der Waals surface area contributed by atoms with Gasteiger partial charge in [0, 0.05) is 0 Å². The average Bonchev–Trinajstić information content (AvgIpc) is 2.28. The van der Waals surface area contributed by atoms with E-state index in [1.807, 2.05) is 0 Å². The summed E-state index contributed by atoms with van der Waals surface area (Å²) in [5.74, 6) is 2.03. The molecular weight excluding hydrogens is 208 g/mol. The lowest BCUT2D eigenvalue weighted by Crippen LogP contribution is -2.41. The van der Waals surface area contributed by atoms with E-state index < -0.39 is 0 Å². The topological polar surface area (TPSA) is 20.2 Å². The van der Waals surface area contributed by atoms with Gasteiger partial charge in [-0.15, -0.1) is 0 Å². The normalized spacial score (nSPS) is 39.4. The second kappa shape index (κ2) is 5.30. The highest BCUT2D eigenvalue weighted by molar-refractivity contribution is 4.93. The molecule has 2 aliphatic carbocycles. The molecule has 0 aromatic carbocycles. The summed E-state index contributed by atoms with van der Waals surface area (Å²) < 4.78 is 0. The first-order valence-electron chi connectivity index (χ1n) is 7.76. The predicted octanol–water partition coefficient (Wildman–Crippen LogP) is 4.39. The van der Waals surface area contributed by atoms with Crippen molar-refractivity contribution in [1.29, 1.82) is 0 Å². The Morgan fingerprint density at radius 2 is 1.94 bits per heavy atom. The highest BCUT2D eigenvalue weighted by Crippen LogP contribution is 2.52. The van der Waals surface area contributed by atoms with E-state index in [-0.39, 0.29) is 6.10 Å². The minimum Gasteiger partial charge on any atom is -0.393 e. The summed E-state index contributed by atoms with van der Waals surface area (Å²) in [4.78, 5) is 0. The fourth-order valence-electron chi connectivity index (χ4n) is 4.67. The van der Waals surface area contributed by atoms with Crippen LogP contribution >= 0.6 is 0 Å². The first kappa shape index (κ1) is 13.4. The van der Waals surface area contributed by atoms with Crippen molar-refractivity contribution in [2.24, 2.45) is 23.2 Å². The Morgan fingerprint density at radius 3 is 2.53 bits per heavy atom. The molecule has 0 saturated heterocycles. The lowest BCUT2D eigenvalue weighted by Gasteiger charge is -2.48. The third-order valence-corrected chi connectivity index (χ3v) is 5.58. The third-order valence-electron chi connectivity index (χ3n) is 5.58. The van der Waals surface area contributed by atoms with Crippen molar-refractivity contribution in [3.63, 3.8) is 0 Å². The van der Waals surface area contributed by atoms with Gasteiger partial charge in [-0.2, -0.15) is 0 Å². The molecule has 1 heteroatoms. The smallest absolute Gasteiger partial charge is 0.0596 e. The Kier molecular flexibility index (Phi) is 4.18. The van der Waals surface area contributed by atoms with Crippen molar-refractivity contribution in [3.05, 3.63) is 0 Å². The zero-order valence-corrected chi connectivity index (χ0v) is 11.9. The summed E-state index contributed by atoms with van der Waals surface area (Å²) in [5, 5.41) is 10.6. The summed E-state index contributed by atoms with van der Waals surface area (Å²) in [6.45, 7) is 6.91. The van der Waals surface area contributed by atoms with Crippen LogP contribution in [0.25, 0.3) is 0 Å². The van der Waals surface area contributed by atoms with Crippen LogP contribution in [0.5, 0.6) is 0 Å². The lowest BCUT2D eigenvalue weighted by molar-refractivity contribution is -0.0343. The fourth-order valence-corrected chi connectivity index (χ4v) is 4.67. The molecule has 1 nitrogen and oxygen atoms in total. The van der Waals surface area contributed by atoms with Gasteiger partial charge in [-0.1, -0.05) is 46.5 Å². The van der Waals surface area contributed by atoms with Crippen molar-refractivity contribution in [2.45, 2.75) is 78.2 Å². The van der Waals surface area contributed by atoms with Gasteiger partial charge in [0.25, 0.3) is 0 Å². The van der Waals surface area contributed by atoms with E-state index in [1.165, 1.54) is 38.5 Å². The molecule has 0 spiro atoms. The molecule has 0 aromatic heterocycles. The summed E-state index contributed by atoms with van der Waals surface area (Å²) in [6.07, 6.45) is 10.5. The van der Waals surface area contributed by atoms with Gasteiger partial charge in [0.2, 0.25) is 0 Å². The second-order valence-electron chi connectivity index (χ2n) is 7.04. The van der Waals surface area contributed by atoms with E-state index in [4.69, 9.17) is 0 Å². The van der Waals surface area contributed by atoms with Crippen LogP contribution in [-0.2, 0) is 0 Å². The molecule has 100 valence electrons. The maximum absolute atomic E-state index is 10.6. The number of hydrogen-bond acceptors (Lipinski definition) is 1. The van der Waals surface area contributed by atoms with Gasteiger partial charge in [0.1, 0.15) is 0 Å². The molecule has 2 rings (SSSR count). The molecule has 17 heavy (non-hydrogen) atoms. The van der Waals surface area contributed by atoms with Crippen molar-refractivity contribution in [1.82, 2.24) is 0 Å². The minimum atomic E-state index is -0.0368. The maximum Gasteiger partial charge on any atom is 0.0596 e. The number of aliphatic hydroxyl groups is 1. The van der Waals surface area contributed by atoms with Crippen LogP contribution < -0.4 is 0 Å². The molecule has 0 radical (unpaired) electrons. The van der Waals surface area contributed by atoms with Gasteiger partial charge in [0.15, 0.2) is 0 Å². The Labute approximate surface area is 107 Å². The molecule has 4 atom stereocenters. The average molecular weight is 238 g/mol. The van der Waals surface area contributed by atoms with E-state index in [2.05, 4.69) is 20.8 Å². The zero-order chi connectivity index (χ0) is 12.5. The Morgan fingerprint density at radius 1 is 1.24 bits per heavy atom. The highest BCUT2D eigenvalue weighted by Gasteiger charge is 2.42. The third kappa shape index (κ3) is 2.86. The van der Waals surface area contributed by atoms with E-state index in [0.29, 0.717) is 17.3 Å². The van der Waals surface area contributed by atoms with Gasteiger partial charge >= 0.3 is 0 Å². The van der Waals surface area contributed by atoms with Gasteiger partial charge in [-0.3, -0.25) is 0 Å². The number of rotatable bonds is 4. The van der Waals surface area contributed by atoms with E-state index in [0.717, 1.165) is 18.8 Å². The molecule has 2 fully saturated rings. The summed E-state index contributed by atoms with van der Waals surface area (Å²) in [5.41, 5.74) is 0.554. The zero-order valence-electron chi connectivity index (χ0n) is 11.9. The standard InChI is InChI=1S/C16H30O/c1-4-13(5-2)15(17)14-9-12-7-6-8-16(3,10-12)11-14/h12-15,17H,4-11H2,1-3H3. The lowest BCUT2D eigenvalue weighted by atomic mass is 9.58. The Hall–Kier alpha value is -0.0400. The van der Waals surface area contributed by atoms with Crippen LogP contribution in [0.3, 0.4) is 0 Å². The largest absolute Gasteiger partial charge is 0.393 e. The van der Waals surface area contributed by atoms with Crippen LogP contribution in [-0.4, -0.2) is 11.2 Å². The molecule has 4 unspecified atom stereocenters. The fraction of sp³-hybridized carbons (Fsp3) is 1.00. The van der Waals surface area contributed by atoms with E-state index in [9.17, 15) is 5.11 Å². The summed E-state index contributed by atoms with van der Waals surface area (Å²) in [7, 11) is 0. The maximum atomic E-state index is 10.6.